The van der Waals surface area contributed by atoms with Crippen LogP contribution in [0.1, 0.15) is 26.3 Å². The highest BCUT2D eigenvalue weighted by Gasteiger charge is 2.15. The number of carbonyl (C=O) groups excluding carboxylic acids is 1. The first kappa shape index (κ1) is 16.3. The number of nitrogens with one attached hydrogen (secondary N) is 2. The van der Waals surface area contributed by atoms with E-state index in [4.69, 9.17) is 4.74 Å². The van der Waals surface area contributed by atoms with Crippen molar-refractivity contribution < 1.29 is 9.53 Å². The van der Waals surface area contributed by atoms with Gasteiger partial charge in [-0.15, -0.1) is 11.3 Å². The largest absolute Gasteiger partial charge is 0.496 e. The van der Waals surface area contributed by atoms with Gasteiger partial charge in [0.2, 0.25) is 0 Å². The quantitative estimate of drug-likeness (QED) is 0.897. The SMILES string of the molecule is COc1ccc(-c2csc(NC(=O)NC(C)(C)C)n2)cc1C. The molecule has 0 aliphatic carbocycles. The van der Waals surface area contributed by atoms with Gasteiger partial charge in [-0.3, -0.25) is 5.32 Å². The number of nitrogens with zero attached hydrogens (tertiary/aromatic N) is 1. The van der Waals surface area contributed by atoms with Gasteiger partial charge in [-0.1, -0.05) is 0 Å². The van der Waals surface area contributed by atoms with Crippen LogP contribution in [0.4, 0.5) is 9.93 Å². The second-order valence-corrected chi connectivity index (χ2v) is 6.91. The van der Waals surface area contributed by atoms with Crippen molar-refractivity contribution in [2.24, 2.45) is 0 Å². The number of hydrogen-bond acceptors (Lipinski definition) is 4. The van der Waals surface area contributed by atoms with Crippen LogP contribution in [0.3, 0.4) is 0 Å². The van der Waals surface area contributed by atoms with Crippen LogP contribution in [0.5, 0.6) is 5.75 Å². The predicted molar refractivity (Wildman–Crippen MR) is 90.7 cm³/mol. The molecule has 2 amide bonds. The summed E-state index contributed by atoms with van der Waals surface area (Å²) < 4.78 is 5.26. The van der Waals surface area contributed by atoms with Gasteiger partial charge in [0.25, 0.3) is 0 Å². The first-order chi connectivity index (χ1) is 10.3. The molecule has 0 saturated carbocycles. The van der Waals surface area contributed by atoms with E-state index in [1.54, 1.807) is 7.11 Å². The van der Waals surface area contributed by atoms with Crippen molar-refractivity contribution in [2.75, 3.05) is 12.4 Å². The van der Waals surface area contributed by atoms with Crippen molar-refractivity contribution >= 4 is 22.5 Å². The van der Waals surface area contributed by atoms with Crippen molar-refractivity contribution in [1.82, 2.24) is 10.3 Å². The first-order valence-corrected chi connectivity index (χ1v) is 7.86. The number of methoxy groups -OCH3 is 1. The van der Waals surface area contributed by atoms with Crippen LogP contribution in [0.15, 0.2) is 23.6 Å². The van der Waals surface area contributed by atoms with Gasteiger partial charge in [-0.05, 0) is 51.5 Å². The molecule has 0 fully saturated rings. The number of urea groups is 1. The molecular weight excluding hydrogens is 298 g/mol. The van der Waals surface area contributed by atoms with Crippen molar-refractivity contribution in [3.05, 3.63) is 29.1 Å². The molecule has 118 valence electrons. The zero-order chi connectivity index (χ0) is 16.3. The average molecular weight is 319 g/mol. The zero-order valence-electron chi connectivity index (χ0n) is 13.5. The minimum absolute atomic E-state index is 0.251. The second-order valence-electron chi connectivity index (χ2n) is 6.05. The number of aryl methyl sites for hydroxylation is 1. The summed E-state index contributed by atoms with van der Waals surface area (Å²) in [5, 5.41) is 8.10. The third kappa shape index (κ3) is 4.21. The van der Waals surface area contributed by atoms with E-state index >= 15 is 0 Å². The fourth-order valence-corrected chi connectivity index (χ4v) is 2.69. The number of carbonyl (C=O) groups is 1. The molecule has 1 heterocycles. The van der Waals surface area contributed by atoms with Crippen LogP contribution in [-0.4, -0.2) is 23.7 Å². The molecule has 0 unspecified atom stereocenters. The lowest BCUT2D eigenvalue weighted by molar-refractivity contribution is 0.244. The van der Waals surface area contributed by atoms with Crippen molar-refractivity contribution in [3.8, 4) is 17.0 Å². The third-order valence-electron chi connectivity index (χ3n) is 2.90. The number of rotatable bonds is 3. The molecule has 22 heavy (non-hydrogen) atoms. The molecule has 2 N–H and O–H groups in total. The normalized spacial score (nSPS) is 11.1. The summed E-state index contributed by atoms with van der Waals surface area (Å²) in [4.78, 5) is 16.3. The topological polar surface area (TPSA) is 63.2 Å². The highest BCUT2D eigenvalue weighted by Crippen LogP contribution is 2.28. The molecule has 1 aromatic carbocycles. The summed E-state index contributed by atoms with van der Waals surface area (Å²) in [5.41, 5.74) is 2.60. The van der Waals surface area contributed by atoms with Gasteiger partial charge >= 0.3 is 6.03 Å². The maximum absolute atomic E-state index is 11.8. The standard InChI is InChI=1S/C16H21N3O2S/c1-10-8-11(6-7-13(10)21-5)12-9-22-15(17-12)18-14(20)19-16(2,3)4/h6-9H,1-5H3,(H2,17,18,19,20). The molecule has 0 atom stereocenters. The molecule has 2 rings (SSSR count). The van der Waals surface area contributed by atoms with Crippen LogP contribution in [0, 0.1) is 6.92 Å². The molecule has 0 aliphatic rings. The fraction of sp³-hybridized carbons (Fsp3) is 0.375. The van der Waals surface area contributed by atoms with Gasteiger partial charge in [-0.2, -0.15) is 0 Å². The fourth-order valence-electron chi connectivity index (χ4n) is 1.97. The lowest BCUT2D eigenvalue weighted by Crippen LogP contribution is -2.43. The van der Waals surface area contributed by atoms with Crippen molar-refractivity contribution in [3.63, 3.8) is 0 Å². The summed E-state index contributed by atoms with van der Waals surface area (Å²) in [6.45, 7) is 7.78. The maximum Gasteiger partial charge on any atom is 0.321 e. The van der Waals surface area contributed by atoms with Crippen LogP contribution < -0.4 is 15.4 Å². The Bertz CT molecular complexity index is 674. The number of amides is 2. The summed E-state index contributed by atoms with van der Waals surface area (Å²) in [6.07, 6.45) is 0. The average Bonchev–Trinajstić information content (AvgIpc) is 2.84. The Labute approximate surface area is 134 Å². The lowest BCUT2D eigenvalue weighted by atomic mass is 10.1. The Morgan fingerprint density at radius 3 is 2.64 bits per heavy atom. The molecule has 0 saturated heterocycles. The number of aromatic nitrogens is 1. The summed E-state index contributed by atoms with van der Waals surface area (Å²) in [6, 6.07) is 5.65. The highest BCUT2D eigenvalue weighted by molar-refractivity contribution is 7.14. The number of ether oxygens (including phenoxy) is 1. The molecule has 0 bridgehead atoms. The smallest absolute Gasteiger partial charge is 0.321 e. The summed E-state index contributed by atoms with van der Waals surface area (Å²) >= 11 is 1.40. The predicted octanol–water partition coefficient (Wildman–Crippen LogP) is 4.05. The number of thiazole rings is 1. The van der Waals surface area contributed by atoms with Gasteiger partial charge in [-0.25, -0.2) is 9.78 Å². The minimum atomic E-state index is -0.280. The lowest BCUT2D eigenvalue weighted by Gasteiger charge is -2.20. The summed E-state index contributed by atoms with van der Waals surface area (Å²) in [7, 11) is 1.65. The van der Waals surface area contributed by atoms with E-state index in [0.29, 0.717) is 5.13 Å². The molecule has 5 nitrogen and oxygen atoms in total. The molecule has 1 aromatic heterocycles. The molecule has 0 aliphatic heterocycles. The Kier molecular flexibility index (Phi) is 4.71. The van der Waals surface area contributed by atoms with E-state index in [-0.39, 0.29) is 11.6 Å². The van der Waals surface area contributed by atoms with Crippen LogP contribution in [-0.2, 0) is 0 Å². The van der Waals surface area contributed by atoms with Gasteiger partial charge in [0.1, 0.15) is 5.75 Å². The van der Waals surface area contributed by atoms with Crippen molar-refractivity contribution in [1.29, 1.82) is 0 Å². The van der Waals surface area contributed by atoms with Gasteiger partial charge in [0, 0.05) is 16.5 Å². The van der Waals surface area contributed by atoms with E-state index in [1.165, 1.54) is 11.3 Å². The molecule has 2 aromatic rings. The van der Waals surface area contributed by atoms with Crippen molar-refractivity contribution in [2.45, 2.75) is 33.2 Å². The Balaban J connectivity index is 2.11. The van der Waals surface area contributed by atoms with E-state index in [9.17, 15) is 4.79 Å². The summed E-state index contributed by atoms with van der Waals surface area (Å²) in [5.74, 6) is 0.849. The number of anilines is 1. The molecule has 6 heteroatoms. The van der Waals surface area contributed by atoms with E-state index in [1.807, 2.05) is 51.3 Å². The van der Waals surface area contributed by atoms with Crippen LogP contribution >= 0.6 is 11.3 Å². The number of hydrogen-bond donors (Lipinski definition) is 2. The minimum Gasteiger partial charge on any atom is -0.496 e. The highest BCUT2D eigenvalue weighted by atomic mass is 32.1. The Hall–Kier alpha value is -2.08. The van der Waals surface area contributed by atoms with Gasteiger partial charge in [0.05, 0.1) is 12.8 Å². The molecule has 0 spiro atoms. The molecular formula is C16H21N3O2S. The number of benzene rings is 1. The second kappa shape index (κ2) is 6.36. The Morgan fingerprint density at radius 2 is 2.05 bits per heavy atom. The first-order valence-electron chi connectivity index (χ1n) is 6.98. The third-order valence-corrected chi connectivity index (χ3v) is 3.66. The van der Waals surface area contributed by atoms with E-state index in [0.717, 1.165) is 22.6 Å². The van der Waals surface area contributed by atoms with E-state index in [2.05, 4.69) is 15.6 Å². The maximum atomic E-state index is 11.8. The van der Waals surface area contributed by atoms with Gasteiger partial charge in [0.15, 0.2) is 5.13 Å². The zero-order valence-corrected chi connectivity index (χ0v) is 14.3. The van der Waals surface area contributed by atoms with Crippen LogP contribution in [0.25, 0.3) is 11.3 Å². The Morgan fingerprint density at radius 1 is 1.32 bits per heavy atom. The van der Waals surface area contributed by atoms with Crippen LogP contribution in [0.2, 0.25) is 0 Å². The van der Waals surface area contributed by atoms with E-state index < -0.39 is 0 Å². The monoisotopic (exact) mass is 319 g/mol. The van der Waals surface area contributed by atoms with Gasteiger partial charge < -0.3 is 10.1 Å². The molecule has 0 radical (unpaired) electrons.